The Morgan fingerprint density at radius 2 is 2.08 bits per heavy atom. The normalized spacial score (nSPS) is 18.0. The molecule has 0 saturated carbocycles. The SMILES string of the molecule is CC1CCCN(CCCNC(=O)c2ccccc2-c2cncnc2)C1. The van der Waals surface area contributed by atoms with Gasteiger partial charge in [-0.25, -0.2) is 9.97 Å². The first-order chi connectivity index (χ1) is 12.2. The first kappa shape index (κ1) is 17.5. The fourth-order valence-electron chi connectivity index (χ4n) is 3.46. The number of nitrogens with one attached hydrogen (secondary N) is 1. The molecular weight excluding hydrogens is 312 g/mol. The number of hydrogen-bond acceptors (Lipinski definition) is 4. The minimum absolute atomic E-state index is 0.0357. The molecule has 1 aliphatic rings. The van der Waals surface area contributed by atoms with E-state index >= 15 is 0 Å². The molecule has 132 valence electrons. The Hall–Kier alpha value is -2.27. The molecule has 0 spiro atoms. The molecule has 25 heavy (non-hydrogen) atoms. The van der Waals surface area contributed by atoms with Crippen molar-refractivity contribution < 1.29 is 4.79 Å². The number of aromatic nitrogens is 2. The molecule has 0 bridgehead atoms. The summed E-state index contributed by atoms with van der Waals surface area (Å²) in [5, 5.41) is 3.05. The summed E-state index contributed by atoms with van der Waals surface area (Å²) in [4.78, 5) is 23.2. The molecule has 1 saturated heterocycles. The van der Waals surface area contributed by atoms with Crippen LogP contribution in [0.3, 0.4) is 0 Å². The Morgan fingerprint density at radius 3 is 2.88 bits per heavy atom. The number of carbonyl (C=O) groups is 1. The van der Waals surface area contributed by atoms with Crippen molar-refractivity contribution >= 4 is 5.91 Å². The van der Waals surface area contributed by atoms with Gasteiger partial charge in [-0.2, -0.15) is 0 Å². The predicted molar refractivity (Wildman–Crippen MR) is 99.3 cm³/mol. The molecule has 1 amide bonds. The Morgan fingerprint density at radius 1 is 1.28 bits per heavy atom. The molecule has 2 aromatic rings. The van der Waals surface area contributed by atoms with Crippen LogP contribution in [0.2, 0.25) is 0 Å². The van der Waals surface area contributed by atoms with Crippen LogP contribution >= 0.6 is 0 Å². The van der Waals surface area contributed by atoms with Crippen LogP contribution in [-0.4, -0.2) is 47.0 Å². The number of hydrogen-bond donors (Lipinski definition) is 1. The Balaban J connectivity index is 1.54. The highest BCUT2D eigenvalue weighted by Gasteiger charge is 2.16. The number of nitrogens with zero attached hydrogens (tertiary/aromatic N) is 3. The fraction of sp³-hybridized carbons (Fsp3) is 0.450. The standard InChI is InChI=1S/C20H26N4O/c1-16-6-4-10-24(14-16)11-5-9-23-20(25)19-8-3-2-7-18(19)17-12-21-15-22-13-17/h2-3,7-8,12-13,15-16H,4-6,9-11,14H2,1H3,(H,23,25). The zero-order chi connectivity index (χ0) is 17.5. The molecule has 1 unspecified atom stereocenters. The van der Waals surface area contributed by atoms with Gasteiger partial charge in [0.05, 0.1) is 0 Å². The third kappa shape index (κ3) is 4.86. The molecule has 1 N–H and O–H groups in total. The highest BCUT2D eigenvalue weighted by atomic mass is 16.1. The van der Waals surface area contributed by atoms with Gasteiger partial charge in [0.15, 0.2) is 0 Å². The average Bonchev–Trinajstić information content (AvgIpc) is 2.66. The predicted octanol–water partition coefficient (Wildman–Crippen LogP) is 3.00. The number of rotatable bonds is 6. The molecule has 5 heteroatoms. The van der Waals surface area contributed by atoms with Gasteiger partial charge in [0, 0.05) is 36.6 Å². The second kappa shape index (κ2) is 8.72. The number of piperidine rings is 1. The third-order valence-electron chi connectivity index (χ3n) is 4.72. The molecule has 1 aromatic carbocycles. The van der Waals surface area contributed by atoms with Gasteiger partial charge in [0.2, 0.25) is 0 Å². The lowest BCUT2D eigenvalue weighted by Gasteiger charge is -2.30. The van der Waals surface area contributed by atoms with Crippen molar-refractivity contribution in [3.05, 3.63) is 48.5 Å². The molecule has 0 aliphatic carbocycles. The molecule has 1 aromatic heterocycles. The summed E-state index contributed by atoms with van der Waals surface area (Å²) < 4.78 is 0. The van der Waals surface area contributed by atoms with Crippen LogP contribution < -0.4 is 5.32 Å². The summed E-state index contributed by atoms with van der Waals surface area (Å²) in [6, 6.07) is 7.60. The minimum atomic E-state index is -0.0357. The summed E-state index contributed by atoms with van der Waals surface area (Å²) in [6.45, 7) is 6.44. The smallest absolute Gasteiger partial charge is 0.251 e. The van der Waals surface area contributed by atoms with Crippen LogP contribution in [-0.2, 0) is 0 Å². The van der Waals surface area contributed by atoms with Crippen LogP contribution in [0.15, 0.2) is 43.0 Å². The second-order valence-electron chi connectivity index (χ2n) is 6.83. The zero-order valence-electron chi connectivity index (χ0n) is 14.8. The summed E-state index contributed by atoms with van der Waals surface area (Å²) in [7, 11) is 0. The van der Waals surface area contributed by atoms with E-state index in [9.17, 15) is 4.79 Å². The van der Waals surface area contributed by atoms with Gasteiger partial charge in [0.1, 0.15) is 6.33 Å². The summed E-state index contributed by atoms with van der Waals surface area (Å²) in [5.74, 6) is 0.759. The van der Waals surface area contributed by atoms with Crippen LogP contribution in [0, 0.1) is 5.92 Å². The minimum Gasteiger partial charge on any atom is -0.352 e. The first-order valence-electron chi connectivity index (χ1n) is 9.09. The largest absolute Gasteiger partial charge is 0.352 e. The van der Waals surface area contributed by atoms with Gasteiger partial charge in [-0.15, -0.1) is 0 Å². The van der Waals surface area contributed by atoms with Crippen molar-refractivity contribution in [2.45, 2.75) is 26.2 Å². The van der Waals surface area contributed by atoms with Gasteiger partial charge >= 0.3 is 0 Å². The van der Waals surface area contributed by atoms with Crippen molar-refractivity contribution in [1.29, 1.82) is 0 Å². The van der Waals surface area contributed by atoms with Crippen LogP contribution in [0.5, 0.6) is 0 Å². The average molecular weight is 338 g/mol. The molecule has 2 heterocycles. The van der Waals surface area contributed by atoms with Crippen LogP contribution in [0.1, 0.15) is 36.5 Å². The Kier molecular flexibility index (Phi) is 6.12. The van der Waals surface area contributed by atoms with Crippen LogP contribution in [0.4, 0.5) is 0 Å². The van der Waals surface area contributed by atoms with Crippen molar-refractivity contribution in [2.75, 3.05) is 26.2 Å². The van der Waals surface area contributed by atoms with E-state index in [4.69, 9.17) is 0 Å². The maximum Gasteiger partial charge on any atom is 0.251 e. The number of carbonyl (C=O) groups excluding carboxylic acids is 1. The van der Waals surface area contributed by atoms with Crippen LogP contribution in [0.25, 0.3) is 11.1 Å². The van der Waals surface area contributed by atoms with E-state index < -0.39 is 0 Å². The lowest BCUT2D eigenvalue weighted by atomic mass is 10.0. The number of amides is 1. The quantitative estimate of drug-likeness (QED) is 0.823. The summed E-state index contributed by atoms with van der Waals surface area (Å²) in [6.07, 6.45) is 8.57. The Labute approximate surface area is 149 Å². The number of benzene rings is 1. The third-order valence-corrected chi connectivity index (χ3v) is 4.72. The van der Waals surface area contributed by atoms with Crippen molar-refractivity contribution in [3.8, 4) is 11.1 Å². The Bertz CT molecular complexity index is 689. The first-order valence-corrected chi connectivity index (χ1v) is 9.09. The zero-order valence-corrected chi connectivity index (χ0v) is 14.8. The molecule has 3 rings (SSSR count). The van der Waals surface area contributed by atoms with E-state index in [1.165, 1.54) is 32.3 Å². The van der Waals surface area contributed by atoms with E-state index in [0.29, 0.717) is 12.1 Å². The summed E-state index contributed by atoms with van der Waals surface area (Å²) in [5.41, 5.74) is 2.39. The maximum atomic E-state index is 12.6. The van der Waals surface area contributed by atoms with E-state index in [2.05, 4.69) is 27.1 Å². The maximum absolute atomic E-state index is 12.6. The van der Waals surface area contributed by atoms with Crippen molar-refractivity contribution in [2.24, 2.45) is 5.92 Å². The lowest BCUT2D eigenvalue weighted by Crippen LogP contribution is -2.36. The molecule has 1 atom stereocenters. The monoisotopic (exact) mass is 338 g/mol. The second-order valence-corrected chi connectivity index (χ2v) is 6.83. The van der Waals surface area contributed by atoms with Crippen molar-refractivity contribution in [3.63, 3.8) is 0 Å². The highest BCUT2D eigenvalue weighted by Crippen LogP contribution is 2.22. The van der Waals surface area contributed by atoms with Gasteiger partial charge in [-0.3, -0.25) is 4.79 Å². The molecule has 5 nitrogen and oxygen atoms in total. The molecule has 0 radical (unpaired) electrons. The van der Waals surface area contributed by atoms with E-state index in [1.54, 1.807) is 12.4 Å². The summed E-state index contributed by atoms with van der Waals surface area (Å²) >= 11 is 0. The van der Waals surface area contributed by atoms with E-state index in [1.807, 2.05) is 24.3 Å². The molecule has 1 aliphatic heterocycles. The fourth-order valence-corrected chi connectivity index (χ4v) is 3.46. The highest BCUT2D eigenvalue weighted by molar-refractivity contribution is 6.00. The topological polar surface area (TPSA) is 58.1 Å². The van der Waals surface area contributed by atoms with Gasteiger partial charge in [-0.1, -0.05) is 25.1 Å². The lowest BCUT2D eigenvalue weighted by molar-refractivity contribution is 0.0950. The van der Waals surface area contributed by atoms with Crippen molar-refractivity contribution in [1.82, 2.24) is 20.2 Å². The molecule has 1 fully saturated rings. The molecular formula is C20H26N4O. The van der Waals surface area contributed by atoms with Gasteiger partial charge in [-0.05, 0) is 49.9 Å². The van der Waals surface area contributed by atoms with E-state index in [0.717, 1.165) is 30.0 Å². The number of likely N-dealkylation sites (tertiary alicyclic amines) is 1. The van der Waals surface area contributed by atoms with Gasteiger partial charge in [0.25, 0.3) is 5.91 Å². The van der Waals surface area contributed by atoms with E-state index in [-0.39, 0.29) is 5.91 Å². The van der Waals surface area contributed by atoms with Gasteiger partial charge < -0.3 is 10.2 Å².